The largest absolute Gasteiger partial charge is 0.390 e. The van der Waals surface area contributed by atoms with Gasteiger partial charge in [0.1, 0.15) is 12.2 Å². The van der Waals surface area contributed by atoms with Gasteiger partial charge < -0.3 is 20.1 Å². The first-order valence-corrected chi connectivity index (χ1v) is 9.06. The summed E-state index contributed by atoms with van der Waals surface area (Å²) < 4.78 is 5.62. The van der Waals surface area contributed by atoms with Gasteiger partial charge in [-0.25, -0.2) is 0 Å². The maximum atomic E-state index is 9.90. The van der Waals surface area contributed by atoms with E-state index in [0.717, 1.165) is 17.6 Å². The molecule has 4 fully saturated rings. The topological polar surface area (TPSA) is 73.2 Å². The number of rotatable bonds is 1. The molecule has 3 saturated carbocycles. The zero-order chi connectivity index (χ0) is 18.0. The molecule has 4 nitrogen and oxygen atoms in total. The first kappa shape index (κ1) is 20.6. The van der Waals surface area contributed by atoms with Gasteiger partial charge in [-0.05, 0) is 56.4 Å². The Morgan fingerprint density at radius 3 is 2.28 bits per heavy atom. The fraction of sp³-hybridized carbons (Fsp3) is 0.810. The van der Waals surface area contributed by atoms with Crippen LogP contribution in [0.15, 0.2) is 23.8 Å². The van der Waals surface area contributed by atoms with Gasteiger partial charge in [0.15, 0.2) is 0 Å². The van der Waals surface area contributed by atoms with Gasteiger partial charge >= 0.3 is 0 Å². The minimum absolute atomic E-state index is 0. The second kappa shape index (κ2) is 6.49. The van der Waals surface area contributed by atoms with Gasteiger partial charge in [-0.3, -0.25) is 0 Å². The van der Waals surface area contributed by atoms with E-state index >= 15 is 0 Å². The normalized spacial score (nSPS) is 48.5. The summed E-state index contributed by atoms with van der Waals surface area (Å²) in [7, 11) is 0. The Hall–Kier alpha value is -0.680. The fourth-order valence-corrected chi connectivity index (χ4v) is 5.21. The first-order valence-electron chi connectivity index (χ1n) is 9.06. The third-order valence-corrected chi connectivity index (χ3v) is 7.18. The van der Waals surface area contributed by atoms with Gasteiger partial charge in [0.05, 0.1) is 17.8 Å². The Balaban J connectivity index is 0.000000173. The molecule has 25 heavy (non-hydrogen) atoms. The quantitative estimate of drug-likeness (QED) is 0.501. The average Bonchev–Trinajstić information content (AvgIpc) is 3.18. The second-order valence-electron chi connectivity index (χ2n) is 9.00. The Labute approximate surface area is 152 Å². The second-order valence-corrected chi connectivity index (χ2v) is 9.00. The van der Waals surface area contributed by atoms with Crippen molar-refractivity contribution in [1.29, 1.82) is 0 Å². The molecule has 0 aromatic carbocycles. The molecule has 4 aliphatic carbocycles. The van der Waals surface area contributed by atoms with E-state index < -0.39 is 12.2 Å². The van der Waals surface area contributed by atoms with Crippen molar-refractivity contribution in [3.8, 4) is 0 Å². The van der Waals surface area contributed by atoms with Crippen molar-refractivity contribution >= 4 is 0 Å². The molecule has 144 valence electrons. The summed E-state index contributed by atoms with van der Waals surface area (Å²) in [4.78, 5) is 0. The standard InChI is InChI=1S/2C10H16O2.CH4/c1-9(2)5-4-6(9)10(3)8(12-10)7(5)11;1-6(2)8-5-4-7(3)9(11)10(8)12;/h5-8,11H,4H2,1-3H3;4,8-12H,1,5H2,2-3H3;1H4/t5-,6-,7+,8+,10-;8-,9+,10-;/m10./s1. The summed E-state index contributed by atoms with van der Waals surface area (Å²) in [5.74, 6) is 1.19. The summed E-state index contributed by atoms with van der Waals surface area (Å²) >= 11 is 0. The van der Waals surface area contributed by atoms with Crippen LogP contribution in [0, 0.1) is 23.2 Å². The smallest absolute Gasteiger partial charge is 0.113 e. The highest BCUT2D eigenvalue weighted by Gasteiger charge is 2.76. The van der Waals surface area contributed by atoms with Crippen molar-refractivity contribution in [2.45, 2.75) is 84.9 Å². The first-order chi connectivity index (χ1) is 11.0. The number of hydrogen-bond acceptors (Lipinski definition) is 4. The van der Waals surface area contributed by atoms with E-state index in [4.69, 9.17) is 4.74 Å². The average molecular weight is 353 g/mol. The molecule has 0 radical (unpaired) electrons. The Bertz CT molecular complexity index is 561. The third kappa shape index (κ3) is 3.01. The predicted molar refractivity (Wildman–Crippen MR) is 100 cm³/mol. The van der Waals surface area contributed by atoms with Crippen LogP contribution in [0.25, 0.3) is 0 Å². The van der Waals surface area contributed by atoms with E-state index in [9.17, 15) is 15.3 Å². The van der Waals surface area contributed by atoms with Crippen LogP contribution < -0.4 is 0 Å². The molecule has 0 aromatic rings. The fourth-order valence-electron chi connectivity index (χ4n) is 5.21. The van der Waals surface area contributed by atoms with E-state index in [1.807, 2.05) is 19.9 Å². The summed E-state index contributed by atoms with van der Waals surface area (Å²) in [6, 6.07) is 0. The van der Waals surface area contributed by atoms with Crippen LogP contribution in [0.5, 0.6) is 0 Å². The van der Waals surface area contributed by atoms with Crippen molar-refractivity contribution < 1.29 is 20.1 Å². The molecule has 0 spiro atoms. The van der Waals surface area contributed by atoms with E-state index in [1.54, 1.807) is 0 Å². The Kier molecular flexibility index (Phi) is 5.35. The lowest BCUT2D eigenvalue weighted by Gasteiger charge is -2.59. The Morgan fingerprint density at radius 1 is 1.20 bits per heavy atom. The lowest BCUT2D eigenvalue weighted by molar-refractivity contribution is -0.139. The van der Waals surface area contributed by atoms with Crippen LogP contribution in [0.2, 0.25) is 0 Å². The molecule has 1 aliphatic heterocycles. The number of ether oxygens (including phenoxy) is 1. The van der Waals surface area contributed by atoms with Crippen molar-refractivity contribution in [1.82, 2.24) is 0 Å². The number of allylic oxidation sites excluding steroid dienone is 1. The van der Waals surface area contributed by atoms with Crippen molar-refractivity contribution in [3.63, 3.8) is 0 Å². The summed E-state index contributed by atoms with van der Waals surface area (Å²) in [5, 5.41) is 29.0. The van der Waals surface area contributed by atoms with Crippen molar-refractivity contribution in [2.24, 2.45) is 23.2 Å². The molecule has 3 N–H and O–H groups in total. The van der Waals surface area contributed by atoms with Crippen molar-refractivity contribution in [2.75, 3.05) is 0 Å². The minimum atomic E-state index is -0.708. The van der Waals surface area contributed by atoms with Crippen LogP contribution in [0.1, 0.15) is 54.9 Å². The van der Waals surface area contributed by atoms with Gasteiger partial charge in [0, 0.05) is 5.92 Å². The van der Waals surface area contributed by atoms with Gasteiger partial charge in [-0.2, -0.15) is 0 Å². The van der Waals surface area contributed by atoms with Crippen LogP contribution in [0.3, 0.4) is 0 Å². The molecule has 4 heteroatoms. The lowest BCUT2D eigenvalue weighted by atomic mass is 9.45. The monoisotopic (exact) mass is 352 g/mol. The maximum absolute atomic E-state index is 9.90. The molecule has 1 saturated heterocycles. The third-order valence-electron chi connectivity index (χ3n) is 7.18. The highest BCUT2D eigenvalue weighted by molar-refractivity contribution is 5.24. The molecule has 1 heterocycles. The van der Waals surface area contributed by atoms with Crippen LogP contribution in [-0.2, 0) is 4.74 Å². The summed E-state index contributed by atoms with van der Waals surface area (Å²) in [6.07, 6.45) is 2.51. The molecule has 5 rings (SSSR count). The molecule has 5 aliphatic rings. The highest BCUT2D eigenvalue weighted by Crippen LogP contribution is 2.70. The zero-order valence-electron chi connectivity index (χ0n) is 15.5. The van der Waals surface area contributed by atoms with E-state index in [1.165, 1.54) is 6.42 Å². The predicted octanol–water partition coefficient (Wildman–Crippen LogP) is 3.07. The molecule has 8 atom stereocenters. The summed E-state index contributed by atoms with van der Waals surface area (Å²) in [5.41, 5.74) is 2.13. The van der Waals surface area contributed by atoms with Gasteiger partial charge in [-0.1, -0.05) is 39.5 Å². The summed E-state index contributed by atoms with van der Waals surface area (Å²) in [6.45, 7) is 14.2. The number of epoxide rings is 1. The van der Waals surface area contributed by atoms with Crippen molar-refractivity contribution in [3.05, 3.63) is 23.8 Å². The maximum Gasteiger partial charge on any atom is 0.113 e. The van der Waals surface area contributed by atoms with Crippen LogP contribution in [-0.4, -0.2) is 45.3 Å². The molecule has 0 amide bonds. The van der Waals surface area contributed by atoms with E-state index in [0.29, 0.717) is 17.3 Å². The van der Waals surface area contributed by atoms with Gasteiger partial charge in [0.2, 0.25) is 0 Å². The zero-order valence-corrected chi connectivity index (χ0v) is 15.5. The molecular formula is C21H36O4. The molecule has 0 unspecified atom stereocenters. The highest BCUT2D eigenvalue weighted by atomic mass is 16.6. The lowest BCUT2D eigenvalue weighted by Crippen LogP contribution is -2.62. The van der Waals surface area contributed by atoms with Crippen LogP contribution in [0.4, 0.5) is 0 Å². The number of aliphatic hydroxyl groups is 3. The van der Waals surface area contributed by atoms with E-state index in [2.05, 4.69) is 27.4 Å². The molecule has 0 aromatic heterocycles. The molecular weight excluding hydrogens is 316 g/mol. The minimum Gasteiger partial charge on any atom is -0.390 e. The number of hydrogen-bond donors (Lipinski definition) is 3. The van der Waals surface area contributed by atoms with E-state index in [-0.39, 0.29) is 31.2 Å². The van der Waals surface area contributed by atoms with Gasteiger partial charge in [-0.15, -0.1) is 0 Å². The van der Waals surface area contributed by atoms with Crippen LogP contribution >= 0.6 is 0 Å². The SMILES string of the molecule is C.C=C(C)[C@@H]1CC=C(C)[C@@H](O)[C@H]1O.CC1(C)[C@@H]2C[C@H]1[C@@]1(C)O[C@H]1[C@H]2O. The number of aliphatic hydroxyl groups excluding tert-OH is 3. The van der Waals surface area contributed by atoms with Gasteiger partial charge in [0.25, 0.3) is 0 Å². The molecule has 2 bridgehead atoms. The Morgan fingerprint density at radius 2 is 1.80 bits per heavy atom.